The average Bonchev–Trinajstić information content (AvgIpc) is 2.07. The van der Waals surface area contributed by atoms with Gasteiger partial charge in [0.05, 0.1) is 0 Å². The molecule has 0 heterocycles. The first kappa shape index (κ1) is 9.58. The maximum atomic E-state index is 10.5. The van der Waals surface area contributed by atoms with E-state index < -0.39 is 0 Å². The second-order valence-electron chi connectivity index (χ2n) is 2.90. The summed E-state index contributed by atoms with van der Waals surface area (Å²) in [6.45, 7) is 3.38. The molecule has 3 heteroatoms. The third kappa shape index (κ3) is 2.78. The number of hydrogen-bond donors (Lipinski definition) is 1. The van der Waals surface area contributed by atoms with Gasteiger partial charge >= 0.3 is 5.97 Å². The summed E-state index contributed by atoms with van der Waals surface area (Å²) in [6.07, 6.45) is 0. The van der Waals surface area contributed by atoms with Crippen molar-refractivity contribution in [1.29, 1.82) is 0 Å². The van der Waals surface area contributed by atoms with Gasteiger partial charge in [-0.3, -0.25) is 4.79 Å². The summed E-state index contributed by atoms with van der Waals surface area (Å²) in [5, 5.41) is 9.32. The van der Waals surface area contributed by atoms with Crippen molar-refractivity contribution >= 4 is 5.97 Å². The summed E-state index contributed by atoms with van der Waals surface area (Å²) in [5.41, 5.74) is 1.60. The van der Waals surface area contributed by atoms with Gasteiger partial charge in [-0.25, -0.2) is 0 Å². The first-order valence-electron chi connectivity index (χ1n) is 4.01. The Morgan fingerprint density at radius 3 is 2.77 bits per heavy atom. The molecule has 0 amide bonds. The molecule has 0 atom stereocenters. The molecule has 0 aromatic heterocycles. The third-order valence-corrected chi connectivity index (χ3v) is 1.72. The highest BCUT2D eigenvalue weighted by atomic mass is 16.5. The zero-order valence-corrected chi connectivity index (χ0v) is 7.70. The molecule has 1 rings (SSSR count). The first-order chi connectivity index (χ1) is 6.09. The second-order valence-corrected chi connectivity index (χ2v) is 2.90. The molecule has 0 aliphatic carbocycles. The number of phenolic OH excluding ortho intramolecular Hbond substituents is 1. The number of ether oxygens (including phenoxy) is 1. The highest BCUT2D eigenvalue weighted by molar-refractivity contribution is 5.65. The van der Waals surface area contributed by atoms with E-state index >= 15 is 0 Å². The van der Waals surface area contributed by atoms with Gasteiger partial charge in [0.1, 0.15) is 12.4 Å². The SMILES string of the molecule is CC(=O)OCc1ccc(C)c(O)c1. The lowest BCUT2D eigenvalue weighted by molar-refractivity contribution is -0.142. The molecule has 1 aromatic carbocycles. The molecule has 3 nitrogen and oxygen atoms in total. The summed E-state index contributed by atoms with van der Waals surface area (Å²) in [5.74, 6) is -0.0929. The fourth-order valence-corrected chi connectivity index (χ4v) is 0.930. The lowest BCUT2D eigenvalue weighted by Gasteiger charge is -2.04. The Labute approximate surface area is 77.0 Å². The maximum absolute atomic E-state index is 10.5. The van der Waals surface area contributed by atoms with Crippen LogP contribution in [-0.2, 0) is 16.1 Å². The molecule has 0 spiro atoms. The molecule has 0 aliphatic heterocycles. The van der Waals surface area contributed by atoms with Crippen molar-refractivity contribution in [3.05, 3.63) is 29.3 Å². The van der Waals surface area contributed by atoms with Crippen molar-refractivity contribution in [3.8, 4) is 5.75 Å². The van der Waals surface area contributed by atoms with Crippen LogP contribution in [0.25, 0.3) is 0 Å². The van der Waals surface area contributed by atoms with Gasteiger partial charge in [0.25, 0.3) is 0 Å². The minimum Gasteiger partial charge on any atom is -0.508 e. The topological polar surface area (TPSA) is 46.5 Å². The molecule has 0 bridgehead atoms. The molecule has 1 N–H and O–H groups in total. The van der Waals surface area contributed by atoms with Crippen molar-refractivity contribution in [3.63, 3.8) is 0 Å². The lowest BCUT2D eigenvalue weighted by atomic mass is 10.1. The van der Waals surface area contributed by atoms with Crippen LogP contribution in [0.2, 0.25) is 0 Å². The fraction of sp³-hybridized carbons (Fsp3) is 0.300. The van der Waals surface area contributed by atoms with Crippen LogP contribution in [0, 0.1) is 6.92 Å². The molecule has 0 unspecified atom stereocenters. The van der Waals surface area contributed by atoms with E-state index in [4.69, 9.17) is 4.74 Å². The molecule has 1 aromatic rings. The van der Waals surface area contributed by atoms with E-state index in [1.165, 1.54) is 6.92 Å². The van der Waals surface area contributed by atoms with Crippen LogP contribution in [-0.4, -0.2) is 11.1 Å². The van der Waals surface area contributed by atoms with E-state index in [-0.39, 0.29) is 18.3 Å². The number of carbonyl (C=O) groups excluding carboxylic acids is 1. The Kier molecular flexibility index (Phi) is 2.90. The molecular weight excluding hydrogens is 168 g/mol. The normalized spacial score (nSPS) is 9.69. The monoisotopic (exact) mass is 180 g/mol. The van der Waals surface area contributed by atoms with Gasteiger partial charge in [-0.2, -0.15) is 0 Å². The zero-order valence-electron chi connectivity index (χ0n) is 7.70. The van der Waals surface area contributed by atoms with Crippen molar-refractivity contribution < 1.29 is 14.6 Å². The molecule has 0 saturated carbocycles. The number of esters is 1. The minimum absolute atomic E-state index is 0.211. The van der Waals surface area contributed by atoms with E-state index in [9.17, 15) is 9.90 Å². The van der Waals surface area contributed by atoms with Gasteiger partial charge in [0.2, 0.25) is 0 Å². The van der Waals surface area contributed by atoms with E-state index in [0.29, 0.717) is 0 Å². The van der Waals surface area contributed by atoms with E-state index in [2.05, 4.69) is 0 Å². The Morgan fingerprint density at radius 2 is 2.23 bits per heavy atom. The number of carbonyl (C=O) groups is 1. The Balaban J connectivity index is 2.68. The Bertz CT molecular complexity index is 318. The minimum atomic E-state index is -0.319. The predicted molar refractivity (Wildman–Crippen MR) is 48.3 cm³/mol. The van der Waals surface area contributed by atoms with Crippen molar-refractivity contribution in [2.75, 3.05) is 0 Å². The van der Waals surface area contributed by atoms with Gasteiger partial charge in [-0.05, 0) is 24.1 Å². The largest absolute Gasteiger partial charge is 0.508 e. The number of benzene rings is 1. The summed E-state index contributed by atoms with van der Waals surface area (Å²) >= 11 is 0. The smallest absolute Gasteiger partial charge is 0.302 e. The van der Waals surface area contributed by atoms with Crippen molar-refractivity contribution in [2.24, 2.45) is 0 Å². The highest BCUT2D eigenvalue weighted by Crippen LogP contribution is 2.17. The predicted octanol–water partition coefficient (Wildman–Crippen LogP) is 1.76. The zero-order chi connectivity index (χ0) is 9.84. The molecule has 0 fully saturated rings. The molecule has 70 valence electrons. The summed E-state index contributed by atoms with van der Waals surface area (Å²) in [4.78, 5) is 10.5. The van der Waals surface area contributed by atoms with Crippen LogP contribution in [0.1, 0.15) is 18.1 Å². The van der Waals surface area contributed by atoms with Gasteiger partial charge in [-0.1, -0.05) is 12.1 Å². The van der Waals surface area contributed by atoms with E-state index in [0.717, 1.165) is 11.1 Å². The molecular formula is C10H12O3. The number of aryl methyl sites for hydroxylation is 1. The standard InChI is InChI=1S/C10H12O3/c1-7-3-4-9(5-10(7)12)6-13-8(2)11/h3-5,12H,6H2,1-2H3. The van der Waals surface area contributed by atoms with Crippen LogP contribution in [0.3, 0.4) is 0 Å². The van der Waals surface area contributed by atoms with Crippen molar-refractivity contribution in [2.45, 2.75) is 20.5 Å². The summed E-state index contributed by atoms with van der Waals surface area (Å²) in [6, 6.07) is 5.20. The van der Waals surface area contributed by atoms with Gasteiger partial charge in [0.15, 0.2) is 0 Å². The quantitative estimate of drug-likeness (QED) is 0.705. The number of rotatable bonds is 2. The van der Waals surface area contributed by atoms with Crippen LogP contribution >= 0.6 is 0 Å². The number of hydrogen-bond acceptors (Lipinski definition) is 3. The average molecular weight is 180 g/mol. The lowest BCUT2D eigenvalue weighted by Crippen LogP contribution is -1.98. The van der Waals surface area contributed by atoms with Gasteiger partial charge in [-0.15, -0.1) is 0 Å². The fourth-order valence-electron chi connectivity index (χ4n) is 0.930. The van der Waals surface area contributed by atoms with Gasteiger partial charge < -0.3 is 9.84 Å². The summed E-state index contributed by atoms with van der Waals surface area (Å²) in [7, 11) is 0. The molecule has 0 aliphatic rings. The summed E-state index contributed by atoms with van der Waals surface area (Å²) < 4.78 is 4.77. The van der Waals surface area contributed by atoms with Crippen LogP contribution in [0.4, 0.5) is 0 Å². The molecule has 0 radical (unpaired) electrons. The van der Waals surface area contributed by atoms with E-state index in [1.807, 2.05) is 13.0 Å². The van der Waals surface area contributed by atoms with Crippen LogP contribution in [0.5, 0.6) is 5.75 Å². The highest BCUT2D eigenvalue weighted by Gasteiger charge is 1.99. The first-order valence-corrected chi connectivity index (χ1v) is 4.01. The van der Waals surface area contributed by atoms with Crippen molar-refractivity contribution in [1.82, 2.24) is 0 Å². The van der Waals surface area contributed by atoms with Crippen LogP contribution in [0.15, 0.2) is 18.2 Å². The Morgan fingerprint density at radius 1 is 1.54 bits per heavy atom. The third-order valence-electron chi connectivity index (χ3n) is 1.72. The number of phenols is 1. The second kappa shape index (κ2) is 3.94. The number of aromatic hydroxyl groups is 1. The van der Waals surface area contributed by atoms with Crippen LogP contribution < -0.4 is 0 Å². The molecule has 13 heavy (non-hydrogen) atoms. The van der Waals surface area contributed by atoms with E-state index in [1.54, 1.807) is 12.1 Å². The maximum Gasteiger partial charge on any atom is 0.302 e. The molecule has 0 saturated heterocycles. The van der Waals surface area contributed by atoms with Gasteiger partial charge in [0, 0.05) is 6.92 Å². The Hall–Kier alpha value is -1.51.